The second-order valence-corrected chi connectivity index (χ2v) is 7.00. The monoisotopic (exact) mass is 437 g/mol. The summed E-state index contributed by atoms with van der Waals surface area (Å²) < 4.78 is 27.0. The van der Waals surface area contributed by atoms with Crippen LogP contribution in [-0.4, -0.2) is 33.9 Å². The molecule has 0 aromatic heterocycles. The molecule has 0 aliphatic carbocycles. The van der Waals surface area contributed by atoms with Gasteiger partial charge in [-0.05, 0) is 47.9 Å². The molecule has 0 aliphatic rings. The van der Waals surface area contributed by atoms with Crippen molar-refractivity contribution in [1.82, 2.24) is 0 Å². The molecule has 3 aromatic rings. The van der Waals surface area contributed by atoms with Crippen LogP contribution in [0.15, 0.2) is 66.7 Å². The minimum atomic E-state index is -0.523. The third-order valence-electron chi connectivity index (χ3n) is 4.51. The van der Waals surface area contributed by atoms with Crippen molar-refractivity contribution in [1.29, 1.82) is 0 Å². The number of amides is 1. The van der Waals surface area contributed by atoms with Crippen molar-refractivity contribution >= 4 is 11.8 Å². The van der Waals surface area contributed by atoms with E-state index in [1.807, 2.05) is 61.5 Å². The number of rotatable bonds is 10. The molecule has 0 unspecified atom stereocenters. The third-order valence-corrected chi connectivity index (χ3v) is 4.51. The lowest BCUT2D eigenvalue weighted by Crippen LogP contribution is -2.13. The molecule has 32 heavy (non-hydrogen) atoms. The van der Waals surface area contributed by atoms with Gasteiger partial charge in [0.2, 0.25) is 0 Å². The van der Waals surface area contributed by atoms with Gasteiger partial charge in [-0.1, -0.05) is 42.5 Å². The molecule has 168 valence electrons. The van der Waals surface area contributed by atoms with E-state index >= 15 is 0 Å². The summed E-state index contributed by atoms with van der Waals surface area (Å²) in [4.78, 5) is 12.1. The van der Waals surface area contributed by atoms with Crippen LogP contribution < -0.4 is 14.8 Å². The van der Waals surface area contributed by atoms with Crippen molar-refractivity contribution in [3.63, 3.8) is 0 Å². The number of benzene rings is 3. The van der Waals surface area contributed by atoms with Gasteiger partial charge in [0.25, 0.3) is 0 Å². The zero-order chi connectivity index (χ0) is 22.8. The maximum atomic E-state index is 12.1. The van der Waals surface area contributed by atoms with Crippen LogP contribution in [-0.2, 0) is 20.8 Å². The average Bonchev–Trinajstić information content (AvgIpc) is 2.81. The van der Waals surface area contributed by atoms with Crippen LogP contribution in [0.4, 0.5) is 10.5 Å². The maximum absolute atomic E-state index is 12.1. The summed E-state index contributed by atoms with van der Waals surface area (Å²) in [5.74, 6) is 1.25. The molecule has 7 heteroatoms. The van der Waals surface area contributed by atoms with Gasteiger partial charge in [0.15, 0.2) is 13.6 Å². The van der Waals surface area contributed by atoms with Crippen LogP contribution in [0.3, 0.4) is 0 Å². The van der Waals surface area contributed by atoms with E-state index in [1.165, 1.54) is 0 Å². The van der Waals surface area contributed by atoms with Crippen LogP contribution in [0.1, 0.15) is 11.1 Å². The van der Waals surface area contributed by atoms with Crippen LogP contribution in [0.2, 0.25) is 0 Å². The number of aryl methyl sites for hydroxylation is 1. The molecule has 0 saturated heterocycles. The van der Waals surface area contributed by atoms with E-state index in [0.29, 0.717) is 17.2 Å². The van der Waals surface area contributed by atoms with E-state index in [0.717, 1.165) is 22.3 Å². The summed E-state index contributed by atoms with van der Waals surface area (Å²) in [5.41, 5.74) is 4.13. The zero-order valence-electron chi connectivity index (χ0n) is 18.4. The van der Waals surface area contributed by atoms with Gasteiger partial charge in [0.05, 0.1) is 5.56 Å². The average molecular weight is 437 g/mol. The molecular formula is C25H27NO6. The predicted molar refractivity (Wildman–Crippen MR) is 122 cm³/mol. The highest BCUT2D eigenvalue weighted by atomic mass is 16.7. The first-order chi connectivity index (χ1) is 15.6. The Hall–Kier alpha value is -3.55. The van der Waals surface area contributed by atoms with Gasteiger partial charge in [-0.3, -0.25) is 5.32 Å². The molecule has 0 fully saturated rings. The molecule has 0 saturated carbocycles. The molecule has 0 aliphatic heterocycles. The minimum Gasteiger partial charge on any atom is -0.467 e. The minimum absolute atomic E-state index is 0.104. The molecule has 7 nitrogen and oxygen atoms in total. The molecule has 0 bridgehead atoms. The quantitative estimate of drug-likeness (QED) is 0.430. The highest BCUT2D eigenvalue weighted by Crippen LogP contribution is 2.40. The van der Waals surface area contributed by atoms with Gasteiger partial charge in [-0.25, -0.2) is 4.79 Å². The van der Waals surface area contributed by atoms with Crippen LogP contribution in [0.25, 0.3) is 11.1 Å². The molecule has 1 N–H and O–H groups in total. The molecule has 3 aromatic carbocycles. The number of hydrogen-bond acceptors (Lipinski definition) is 6. The van der Waals surface area contributed by atoms with E-state index < -0.39 is 6.09 Å². The molecule has 0 spiro atoms. The number of ether oxygens (including phenoxy) is 5. The van der Waals surface area contributed by atoms with Crippen molar-refractivity contribution in [2.24, 2.45) is 0 Å². The SMILES string of the molecule is COCOc1cc(C)cc(OCOC)c1-c1ccc(NC(=O)OCc2ccccc2)cc1. The van der Waals surface area contributed by atoms with Gasteiger partial charge < -0.3 is 23.7 Å². The van der Waals surface area contributed by atoms with Crippen molar-refractivity contribution in [2.75, 3.05) is 33.1 Å². The third kappa shape index (κ3) is 6.47. The van der Waals surface area contributed by atoms with Gasteiger partial charge in [-0.2, -0.15) is 0 Å². The number of anilines is 1. The second-order valence-electron chi connectivity index (χ2n) is 7.00. The van der Waals surface area contributed by atoms with Gasteiger partial charge in [-0.15, -0.1) is 0 Å². The number of hydrogen-bond donors (Lipinski definition) is 1. The molecular weight excluding hydrogens is 410 g/mol. The normalized spacial score (nSPS) is 10.5. The summed E-state index contributed by atoms with van der Waals surface area (Å²) in [6.45, 7) is 2.37. The van der Waals surface area contributed by atoms with E-state index in [4.69, 9.17) is 23.7 Å². The fourth-order valence-electron chi connectivity index (χ4n) is 3.08. The smallest absolute Gasteiger partial charge is 0.411 e. The van der Waals surface area contributed by atoms with Gasteiger partial charge >= 0.3 is 6.09 Å². The number of methoxy groups -OCH3 is 2. The summed E-state index contributed by atoms with van der Waals surface area (Å²) in [5, 5.41) is 2.73. The lowest BCUT2D eigenvalue weighted by molar-refractivity contribution is 0.0468. The number of nitrogens with one attached hydrogen (secondary N) is 1. The van der Waals surface area contributed by atoms with E-state index in [-0.39, 0.29) is 20.2 Å². The summed E-state index contributed by atoms with van der Waals surface area (Å²) in [6.07, 6.45) is -0.523. The van der Waals surface area contributed by atoms with Crippen LogP contribution in [0, 0.1) is 6.92 Å². The van der Waals surface area contributed by atoms with Gasteiger partial charge in [0.1, 0.15) is 18.1 Å². The van der Waals surface area contributed by atoms with Crippen molar-refractivity contribution < 1.29 is 28.5 Å². The molecule has 0 radical (unpaired) electrons. The van der Waals surface area contributed by atoms with Gasteiger partial charge in [0, 0.05) is 19.9 Å². The van der Waals surface area contributed by atoms with E-state index in [2.05, 4.69) is 5.32 Å². The number of carbonyl (C=O) groups excluding carboxylic acids is 1. The predicted octanol–water partition coefficient (Wildman–Crippen LogP) is 5.38. The first-order valence-corrected chi connectivity index (χ1v) is 10.1. The summed E-state index contributed by atoms with van der Waals surface area (Å²) in [6, 6.07) is 20.7. The Morgan fingerprint density at radius 1 is 0.844 bits per heavy atom. The first kappa shape index (κ1) is 23.1. The molecule has 1 amide bonds. The largest absolute Gasteiger partial charge is 0.467 e. The Balaban J connectivity index is 1.75. The Morgan fingerprint density at radius 2 is 1.44 bits per heavy atom. The zero-order valence-corrected chi connectivity index (χ0v) is 18.4. The first-order valence-electron chi connectivity index (χ1n) is 10.1. The molecule has 0 heterocycles. The van der Waals surface area contributed by atoms with Crippen molar-refractivity contribution in [3.05, 3.63) is 77.9 Å². The summed E-state index contributed by atoms with van der Waals surface area (Å²) in [7, 11) is 3.13. The second kappa shape index (κ2) is 11.7. The van der Waals surface area contributed by atoms with E-state index in [1.54, 1.807) is 26.4 Å². The fraction of sp³-hybridized carbons (Fsp3) is 0.240. The Labute approximate surface area is 187 Å². The lowest BCUT2D eigenvalue weighted by Gasteiger charge is -2.17. The number of carbonyl (C=O) groups is 1. The van der Waals surface area contributed by atoms with E-state index in [9.17, 15) is 4.79 Å². The van der Waals surface area contributed by atoms with Crippen molar-refractivity contribution in [2.45, 2.75) is 13.5 Å². The lowest BCUT2D eigenvalue weighted by atomic mass is 10.0. The van der Waals surface area contributed by atoms with Crippen LogP contribution in [0.5, 0.6) is 11.5 Å². The molecule has 3 rings (SSSR count). The standard InChI is InChI=1S/C25H27NO6/c1-18-13-22(31-16-28-2)24(23(14-18)32-17-29-3)20-9-11-21(12-10-20)26-25(27)30-15-19-7-5-4-6-8-19/h4-14H,15-17H2,1-3H3,(H,26,27). The molecule has 0 atom stereocenters. The Kier molecular flexibility index (Phi) is 8.48. The van der Waals surface area contributed by atoms with Crippen molar-refractivity contribution in [3.8, 4) is 22.6 Å². The topological polar surface area (TPSA) is 75.3 Å². The Bertz CT molecular complexity index is 976. The van der Waals surface area contributed by atoms with Crippen LogP contribution >= 0.6 is 0 Å². The highest BCUT2D eigenvalue weighted by molar-refractivity contribution is 5.86. The maximum Gasteiger partial charge on any atom is 0.411 e. The fourth-order valence-corrected chi connectivity index (χ4v) is 3.08. The Morgan fingerprint density at radius 3 is 2.00 bits per heavy atom. The highest BCUT2D eigenvalue weighted by Gasteiger charge is 2.16. The summed E-state index contributed by atoms with van der Waals surface area (Å²) >= 11 is 0.